The van der Waals surface area contributed by atoms with Crippen molar-refractivity contribution in [1.82, 2.24) is 9.97 Å². The fraction of sp³-hybridized carbons (Fsp3) is 0.0769. The van der Waals surface area contributed by atoms with Crippen molar-refractivity contribution in [3.8, 4) is 11.4 Å². The van der Waals surface area contributed by atoms with E-state index in [2.05, 4.69) is 15.4 Å². The monoisotopic (exact) mass is 274 g/mol. The van der Waals surface area contributed by atoms with Crippen LogP contribution in [0.2, 0.25) is 0 Å². The Balaban J connectivity index is 2.24. The van der Waals surface area contributed by atoms with Gasteiger partial charge in [0.2, 0.25) is 0 Å². The van der Waals surface area contributed by atoms with Gasteiger partial charge in [-0.15, -0.1) is 11.3 Å². The molecule has 0 aliphatic heterocycles. The molecular formula is C13H11FN4S. The van der Waals surface area contributed by atoms with Gasteiger partial charge in [0.25, 0.3) is 0 Å². The third-order valence-corrected chi connectivity index (χ3v) is 3.57. The van der Waals surface area contributed by atoms with Crippen molar-refractivity contribution in [3.63, 3.8) is 0 Å². The number of thiophene rings is 1. The second-order valence-electron chi connectivity index (χ2n) is 4.20. The minimum Gasteiger partial charge on any atom is -0.308 e. The highest BCUT2D eigenvalue weighted by molar-refractivity contribution is 7.16. The summed E-state index contributed by atoms with van der Waals surface area (Å²) in [5.41, 5.74) is 4.03. The van der Waals surface area contributed by atoms with E-state index in [1.54, 1.807) is 0 Å². The molecule has 0 bridgehead atoms. The lowest BCUT2D eigenvalue weighted by atomic mass is 10.1. The SMILES string of the molecule is Cc1cc(F)cc(-c2nc(NN)c3ccsc3n2)c1. The number of hydrogen-bond donors (Lipinski definition) is 2. The van der Waals surface area contributed by atoms with Crippen molar-refractivity contribution < 1.29 is 4.39 Å². The highest BCUT2D eigenvalue weighted by Gasteiger charge is 2.10. The summed E-state index contributed by atoms with van der Waals surface area (Å²) in [5, 5.41) is 2.78. The molecule has 3 aromatic rings. The summed E-state index contributed by atoms with van der Waals surface area (Å²) < 4.78 is 13.5. The first-order valence-corrected chi connectivity index (χ1v) is 6.55. The molecule has 6 heteroatoms. The molecule has 3 N–H and O–H groups in total. The van der Waals surface area contributed by atoms with Crippen molar-refractivity contribution in [3.05, 3.63) is 41.0 Å². The quantitative estimate of drug-likeness (QED) is 0.557. The fourth-order valence-electron chi connectivity index (χ4n) is 1.96. The van der Waals surface area contributed by atoms with Crippen molar-refractivity contribution >= 4 is 27.4 Å². The van der Waals surface area contributed by atoms with Crippen LogP contribution in [-0.2, 0) is 0 Å². The molecular weight excluding hydrogens is 263 g/mol. The topological polar surface area (TPSA) is 63.8 Å². The highest BCUT2D eigenvalue weighted by atomic mass is 32.1. The van der Waals surface area contributed by atoms with E-state index in [4.69, 9.17) is 5.84 Å². The molecule has 0 unspecified atom stereocenters. The van der Waals surface area contributed by atoms with Gasteiger partial charge in [0.15, 0.2) is 11.6 Å². The van der Waals surface area contributed by atoms with Gasteiger partial charge in [0, 0.05) is 5.56 Å². The second-order valence-corrected chi connectivity index (χ2v) is 5.09. The second kappa shape index (κ2) is 4.56. The number of nitrogens with zero attached hydrogens (tertiary/aromatic N) is 2. The summed E-state index contributed by atoms with van der Waals surface area (Å²) in [5.74, 6) is 6.18. The van der Waals surface area contributed by atoms with Gasteiger partial charge in [-0.2, -0.15) is 0 Å². The van der Waals surface area contributed by atoms with E-state index < -0.39 is 0 Å². The standard InChI is InChI=1S/C13H11FN4S/c1-7-4-8(6-9(14)5-7)11-16-12(18-15)10-2-3-19-13(10)17-11/h2-6H,15H2,1H3,(H,16,17,18). The summed E-state index contributed by atoms with van der Waals surface area (Å²) in [7, 11) is 0. The number of halogens is 1. The van der Waals surface area contributed by atoms with Crippen LogP contribution >= 0.6 is 11.3 Å². The first-order chi connectivity index (χ1) is 9.17. The van der Waals surface area contributed by atoms with Crippen LogP contribution in [-0.4, -0.2) is 9.97 Å². The Hall–Kier alpha value is -2.05. The van der Waals surface area contributed by atoms with Gasteiger partial charge in [-0.3, -0.25) is 0 Å². The van der Waals surface area contributed by atoms with E-state index in [-0.39, 0.29) is 5.82 Å². The first-order valence-electron chi connectivity index (χ1n) is 5.67. The number of nitrogens with two attached hydrogens (primary N) is 1. The molecule has 0 radical (unpaired) electrons. The Morgan fingerprint density at radius 2 is 2.11 bits per heavy atom. The van der Waals surface area contributed by atoms with E-state index in [1.807, 2.05) is 24.4 Å². The van der Waals surface area contributed by atoms with E-state index in [0.717, 1.165) is 15.8 Å². The van der Waals surface area contributed by atoms with Crippen LogP contribution in [0.4, 0.5) is 10.2 Å². The predicted molar refractivity (Wildman–Crippen MR) is 75.4 cm³/mol. The Kier molecular flexibility index (Phi) is 2.88. The van der Waals surface area contributed by atoms with Crippen LogP contribution in [0.5, 0.6) is 0 Å². The number of nitrogen functional groups attached to an aromatic ring is 1. The number of fused-ring (bicyclic) bond motifs is 1. The Bertz CT molecular complexity index is 733. The van der Waals surface area contributed by atoms with Crippen molar-refractivity contribution in [1.29, 1.82) is 0 Å². The number of nitrogens with one attached hydrogen (secondary N) is 1. The minimum absolute atomic E-state index is 0.299. The number of anilines is 1. The zero-order valence-electron chi connectivity index (χ0n) is 10.1. The van der Waals surface area contributed by atoms with E-state index >= 15 is 0 Å². The van der Waals surface area contributed by atoms with Crippen LogP contribution in [0.25, 0.3) is 21.6 Å². The largest absolute Gasteiger partial charge is 0.308 e. The van der Waals surface area contributed by atoms with Gasteiger partial charge < -0.3 is 5.43 Å². The summed E-state index contributed by atoms with van der Waals surface area (Å²) in [4.78, 5) is 9.60. The number of hydrazine groups is 1. The maximum Gasteiger partial charge on any atom is 0.163 e. The number of aryl methyl sites for hydroxylation is 1. The minimum atomic E-state index is -0.299. The molecule has 0 saturated carbocycles. The summed E-state index contributed by atoms with van der Waals surface area (Å²) in [6.45, 7) is 1.83. The lowest BCUT2D eigenvalue weighted by Crippen LogP contribution is -2.09. The Labute approximate surface area is 113 Å². The molecule has 0 spiro atoms. The molecule has 3 rings (SSSR count). The number of benzene rings is 1. The maximum absolute atomic E-state index is 13.5. The van der Waals surface area contributed by atoms with E-state index in [9.17, 15) is 4.39 Å². The normalized spacial score (nSPS) is 10.9. The molecule has 0 atom stereocenters. The van der Waals surface area contributed by atoms with Gasteiger partial charge in [-0.25, -0.2) is 20.2 Å². The Morgan fingerprint density at radius 3 is 2.84 bits per heavy atom. The molecule has 4 nitrogen and oxygen atoms in total. The average Bonchev–Trinajstić information content (AvgIpc) is 2.84. The zero-order chi connectivity index (χ0) is 13.4. The van der Waals surface area contributed by atoms with Gasteiger partial charge in [-0.1, -0.05) is 0 Å². The molecule has 0 aliphatic carbocycles. The molecule has 0 amide bonds. The van der Waals surface area contributed by atoms with Crippen LogP contribution in [0.15, 0.2) is 29.6 Å². The van der Waals surface area contributed by atoms with Gasteiger partial charge in [0.05, 0.1) is 5.39 Å². The highest BCUT2D eigenvalue weighted by Crippen LogP contribution is 2.28. The summed E-state index contributed by atoms with van der Waals surface area (Å²) >= 11 is 1.49. The third kappa shape index (κ3) is 2.16. The molecule has 0 saturated heterocycles. The zero-order valence-corrected chi connectivity index (χ0v) is 11.0. The Morgan fingerprint density at radius 1 is 1.26 bits per heavy atom. The molecule has 0 aliphatic rings. The number of aromatic nitrogens is 2. The molecule has 19 heavy (non-hydrogen) atoms. The third-order valence-electron chi connectivity index (χ3n) is 2.76. The fourth-order valence-corrected chi connectivity index (χ4v) is 2.72. The van der Waals surface area contributed by atoms with Gasteiger partial charge in [-0.05, 0) is 42.1 Å². The lowest BCUT2D eigenvalue weighted by Gasteiger charge is -2.06. The smallest absolute Gasteiger partial charge is 0.163 e. The summed E-state index contributed by atoms with van der Waals surface area (Å²) in [6, 6.07) is 6.63. The molecule has 96 valence electrons. The van der Waals surface area contributed by atoms with Crippen LogP contribution in [0.1, 0.15) is 5.56 Å². The van der Waals surface area contributed by atoms with Crippen molar-refractivity contribution in [2.75, 3.05) is 5.43 Å². The molecule has 2 aromatic heterocycles. The van der Waals surface area contributed by atoms with Crippen LogP contribution < -0.4 is 11.3 Å². The lowest BCUT2D eigenvalue weighted by molar-refractivity contribution is 0.627. The molecule has 2 heterocycles. The number of rotatable bonds is 2. The van der Waals surface area contributed by atoms with Crippen LogP contribution in [0, 0.1) is 12.7 Å². The molecule has 1 aromatic carbocycles. The van der Waals surface area contributed by atoms with Crippen LogP contribution in [0.3, 0.4) is 0 Å². The number of hydrogen-bond acceptors (Lipinski definition) is 5. The van der Waals surface area contributed by atoms with Gasteiger partial charge >= 0.3 is 0 Å². The van der Waals surface area contributed by atoms with Gasteiger partial charge in [0.1, 0.15) is 10.6 Å². The maximum atomic E-state index is 13.5. The van der Waals surface area contributed by atoms with Crippen molar-refractivity contribution in [2.24, 2.45) is 5.84 Å². The van der Waals surface area contributed by atoms with E-state index in [0.29, 0.717) is 17.2 Å². The summed E-state index contributed by atoms with van der Waals surface area (Å²) in [6.07, 6.45) is 0. The van der Waals surface area contributed by atoms with E-state index in [1.165, 1.54) is 23.5 Å². The van der Waals surface area contributed by atoms with Crippen molar-refractivity contribution in [2.45, 2.75) is 6.92 Å². The average molecular weight is 274 g/mol. The first kappa shape index (κ1) is 12.0. The molecule has 0 fully saturated rings. The predicted octanol–water partition coefficient (Wildman–Crippen LogP) is 3.09.